The van der Waals surface area contributed by atoms with Crippen LogP contribution in [0.2, 0.25) is 0 Å². The summed E-state index contributed by atoms with van der Waals surface area (Å²) in [5, 5.41) is 0. The molecule has 1 aromatic rings. The Morgan fingerprint density at radius 2 is 2.08 bits per heavy atom. The van der Waals surface area contributed by atoms with Crippen molar-refractivity contribution < 1.29 is 13.9 Å². The van der Waals surface area contributed by atoms with Crippen LogP contribution in [0.25, 0.3) is 0 Å². The molecule has 0 atom stereocenters. The maximum atomic E-state index is 11.2. The summed E-state index contributed by atoms with van der Waals surface area (Å²) in [6, 6.07) is 1.56. The van der Waals surface area contributed by atoms with E-state index in [4.69, 9.17) is 9.15 Å². The number of carbonyl (C=O) groups is 1. The summed E-state index contributed by atoms with van der Waals surface area (Å²) in [4.78, 5) is 22.1. The molecule has 68 valence electrons. The first-order valence-electron chi connectivity index (χ1n) is 4.01. The fourth-order valence-corrected chi connectivity index (χ4v) is 1.33. The van der Waals surface area contributed by atoms with E-state index in [-0.39, 0.29) is 12.4 Å². The average molecular weight is 180 g/mol. The summed E-state index contributed by atoms with van der Waals surface area (Å²) in [6.45, 7) is 1.64. The normalized spacial score (nSPS) is 15.0. The van der Waals surface area contributed by atoms with Crippen LogP contribution in [0.5, 0.6) is 5.75 Å². The first-order chi connectivity index (χ1) is 6.16. The lowest BCUT2D eigenvalue weighted by Crippen LogP contribution is -2.21. The quantitative estimate of drug-likeness (QED) is 0.554. The Morgan fingerprint density at radius 1 is 1.31 bits per heavy atom. The first kappa shape index (κ1) is 8.04. The Kier molecular flexibility index (Phi) is 1.69. The minimum Gasteiger partial charge on any atom is -0.428 e. The van der Waals surface area contributed by atoms with Gasteiger partial charge in [0, 0.05) is 6.07 Å². The van der Waals surface area contributed by atoms with Crippen LogP contribution in [0.15, 0.2) is 15.3 Å². The Bertz CT molecular complexity index is 416. The van der Waals surface area contributed by atoms with Gasteiger partial charge in [0.25, 0.3) is 0 Å². The molecule has 13 heavy (non-hydrogen) atoms. The number of rotatable bonds is 0. The SMILES string of the molecule is Cc1cc2c(c(=O)o1)CCC(=O)O2. The maximum Gasteiger partial charge on any atom is 0.342 e. The van der Waals surface area contributed by atoms with E-state index in [2.05, 4.69) is 0 Å². The molecule has 0 bridgehead atoms. The number of carbonyl (C=O) groups excluding carboxylic acids is 1. The van der Waals surface area contributed by atoms with Gasteiger partial charge in [-0.1, -0.05) is 0 Å². The van der Waals surface area contributed by atoms with Gasteiger partial charge in [0.05, 0.1) is 12.0 Å². The molecular weight excluding hydrogens is 172 g/mol. The largest absolute Gasteiger partial charge is 0.428 e. The van der Waals surface area contributed by atoms with Crippen LogP contribution in [0.4, 0.5) is 0 Å². The molecule has 0 saturated carbocycles. The summed E-state index contributed by atoms with van der Waals surface area (Å²) < 4.78 is 9.76. The summed E-state index contributed by atoms with van der Waals surface area (Å²) in [6.07, 6.45) is 0.664. The van der Waals surface area contributed by atoms with E-state index in [1.807, 2.05) is 0 Å². The first-order valence-corrected chi connectivity index (χ1v) is 4.01. The molecule has 1 aliphatic rings. The second-order valence-electron chi connectivity index (χ2n) is 2.96. The van der Waals surface area contributed by atoms with Gasteiger partial charge in [0.1, 0.15) is 11.5 Å². The van der Waals surface area contributed by atoms with Crippen LogP contribution < -0.4 is 10.4 Å². The van der Waals surface area contributed by atoms with Gasteiger partial charge >= 0.3 is 11.6 Å². The number of aryl methyl sites for hydroxylation is 1. The van der Waals surface area contributed by atoms with Gasteiger partial charge in [-0.3, -0.25) is 4.79 Å². The highest BCUT2D eigenvalue weighted by Gasteiger charge is 2.21. The van der Waals surface area contributed by atoms with E-state index < -0.39 is 5.63 Å². The van der Waals surface area contributed by atoms with Gasteiger partial charge in [-0.2, -0.15) is 0 Å². The number of ether oxygens (including phenoxy) is 1. The minimum absolute atomic E-state index is 0.251. The molecular formula is C9H8O4. The summed E-state index contributed by atoms with van der Waals surface area (Å²) in [7, 11) is 0. The lowest BCUT2D eigenvalue weighted by molar-refractivity contribution is -0.135. The molecule has 1 aliphatic heterocycles. The summed E-state index contributed by atoms with van der Waals surface area (Å²) in [5.74, 6) is 0.515. The molecule has 0 aromatic carbocycles. The van der Waals surface area contributed by atoms with Gasteiger partial charge in [0.2, 0.25) is 0 Å². The van der Waals surface area contributed by atoms with Crippen molar-refractivity contribution in [2.75, 3.05) is 0 Å². The summed E-state index contributed by atoms with van der Waals surface area (Å²) >= 11 is 0. The highest BCUT2D eigenvalue weighted by molar-refractivity contribution is 5.75. The van der Waals surface area contributed by atoms with Crippen molar-refractivity contribution in [3.63, 3.8) is 0 Å². The van der Waals surface area contributed by atoms with E-state index in [0.29, 0.717) is 23.5 Å². The standard InChI is InChI=1S/C9H8O4/c1-5-4-7-6(9(11)12-5)2-3-8(10)13-7/h4H,2-3H2,1H3. The van der Waals surface area contributed by atoms with E-state index in [9.17, 15) is 9.59 Å². The van der Waals surface area contributed by atoms with Crippen LogP contribution in [0.1, 0.15) is 17.7 Å². The summed E-state index contributed by atoms with van der Waals surface area (Å²) in [5.41, 5.74) is 0.0627. The Hall–Kier alpha value is -1.58. The van der Waals surface area contributed by atoms with Crippen molar-refractivity contribution >= 4 is 5.97 Å². The van der Waals surface area contributed by atoms with Crippen molar-refractivity contribution in [2.45, 2.75) is 19.8 Å². The van der Waals surface area contributed by atoms with Crippen molar-refractivity contribution in [1.82, 2.24) is 0 Å². The molecule has 0 spiro atoms. The van der Waals surface area contributed by atoms with Gasteiger partial charge in [0.15, 0.2) is 0 Å². The van der Waals surface area contributed by atoms with E-state index >= 15 is 0 Å². The molecule has 4 nitrogen and oxygen atoms in total. The van der Waals surface area contributed by atoms with Crippen LogP contribution >= 0.6 is 0 Å². The van der Waals surface area contributed by atoms with Crippen LogP contribution in [0, 0.1) is 6.92 Å². The van der Waals surface area contributed by atoms with Crippen LogP contribution in [-0.2, 0) is 11.2 Å². The molecule has 0 amide bonds. The second-order valence-corrected chi connectivity index (χ2v) is 2.96. The van der Waals surface area contributed by atoms with Gasteiger partial charge < -0.3 is 9.15 Å². The van der Waals surface area contributed by atoms with Gasteiger partial charge in [-0.05, 0) is 13.3 Å². The topological polar surface area (TPSA) is 56.5 Å². The highest BCUT2D eigenvalue weighted by Crippen LogP contribution is 2.22. The van der Waals surface area contributed by atoms with E-state index in [0.717, 1.165) is 0 Å². The molecule has 0 unspecified atom stereocenters. The zero-order valence-corrected chi connectivity index (χ0v) is 7.12. The number of esters is 1. The van der Waals surface area contributed by atoms with Crippen LogP contribution in [0.3, 0.4) is 0 Å². The maximum absolute atomic E-state index is 11.2. The fourth-order valence-electron chi connectivity index (χ4n) is 1.33. The molecule has 1 aromatic heterocycles. The third-order valence-electron chi connectivity index (χ3n) is 1.93. The molecule has 2 rings (SSSR count). The zero-order chi connectivity index (χ0) is 9.42. The predicted octanol–water partition coefficient (Wildman–Crippen LogP) is 0.800. The fraction of sp³-hybridized carbons (Fsp3) is 0.333. The van der Waals surface area contributed by atoms with Crippen molar-refractivity contribution in [2.24, 2.45) is 0 Å². The van der Waals surface area contributed by atoms with Crippen molar-refractivity contribution in [3.05, 3.63) is 27.8 Å². The number of hydrogen-bond donors (Lipinski definition) is 0. The van der Waals surface area contributed by atoms with Crippen molar-refractivity contribution in [3.8, 4) is 5.75 Å². The average Bonchev–Trinajstić information content (AvgIpc) is 2.02. The second kappa shape index (κ2) is 2.73. The molecule has 4 heteroatoms. The predicted molar refractivity (Wildman–Crippen MR) is 43.7 cm³/mol. The third-order valence-corrected chi connectivity index (χ3v) is 1.93. The zero-order valence-electron chi connectivity index (χ0n) is 7.12. The molecule has 0 N–H and O–H groups in total. The molecule has 0 fully saturated rings. The lowest BCUT2D eigenvalue weighted by Gasteiger charge is -2.13. The smallest absolute Gasteiger partial charge is 0.342 e. The number of fused-ring (bicyclic) bond motifs is 1. The molecule has 0 saturated heterocycles. The van der Waals surface area contributed by atoms with Gasteiger partial charge in [-0.25, -0.2) is 4.79 Å². The Labute approximate surface area is 74.1 Å². The lowest BCUT2D eigenvalue weighted by atomic mass is 10.1. The van der Waals surface area contributed by atoms with Crippen LogP contribution in [-0.4, -0.2) is 5.97 Å². The van der Waals surface area contributed by atoms with Gasteiger partial charge in [-0.15, -0.1) is 0 Å². The number of hydrogen-bond acceptors (Lipinski definition) is 4. The third kappa shape index (κ3) is 1.35. The van der Waals surface area contributed by atoms with E-state index in [1.54, 1.807) is 13.0 Å². The minimum atomic E-state index is -0.400. The van der Waals surface area contributed by atoms with Crippen molar-refractivity contribution in [1.29, 1.82) is 0 Å². The highest BCUT2D eigenvalue weighted by atomic mass is 16.5. The Balaban J connectivity index is 2.59. The molecule has 0 radical (unpaired) electrons. The molecule has 2 heterocycles. The Morgan fingerprint density at radius 3 is 2.85 bits per heavy atom. The molecule has 0 aliphatic carbocycles. The monoisotopic (exact) mass is 180 g/mol. The van der Waals surface area contributed by atoms with E-state index in [1.165, 1.54) is 0 Å².